The second kappa shape index (κ2) is 11.7. The number of hydrogen-bond donors (Lipinski definition) is 0. The van der Waals surface area contributed by atoms with Gasteiger partial charge >= 0.3 is 0 Å². The highest BCUT2D eigenvalue weighted by Crippen LogP contribution is 2.43. The highest BCUT2D eigenvalue weighted by molar-refractivity contribution is 6.21. The molecule has 0 radical (unpaired) electrons. The summed E-state index contributed by atoms with van der Waals surface area (Å²) in [5, 5.41) is 5.97. The Hall–Kier alpha value is -6.52. The predicted molar refractivity (Wildman–Crippen MR) is 197 cm³/mol. The summed E-state index contributed by atoms with van der Waals surface area (Å²) < 4.78 is 0. The second-order valence-electron chi connectivity index (χ2n) is 11.9. The van der Waals surface area contributed by atoms with Crippen molar-refractivity contribution in [2.24, 2.45) is 0 Å². The van der Waals surface area contributed by atoms with E-state index in [1.807, 2.05) is 54.7 Å². The molecule has 0 amide bonds. The summed E-state index contributed by atoms with van der Waals surface area (Å²) >= 11 is 0. The maximum atomic E-state index is 5.01. The number of benzene rings is 7. The molecule has 0 fully saturated rings. The average Bonchev–Trinajstić information content (AvgIpc) is 3.17. The van der Waals surface area contributed by atoms with Crippen LogP contribution in [0.15, 0.2) is 170 Å². The molecule has 4 nitrogen and oxygen atoms in total. The first kappa shape index (κ1) is 27.8. The van der Waals surface area contributed by atoms with Gasteiger partial charge < -0.3 is 0 Å². The molecule has 9 rings (SSSR count). The molecule has 0 saturated carbocycles. The summed E-state index contributed by atoms with van der Waals surface area (Å²) in [5.41, 5.74) is 8.57. The van der Waals surface area contributed by atoms with E-state index in [0.29, 0.717) is 17.5 Å². The van der Waals surface area contributed by atoms with Crippen LogP contribution < -0.4 is 0 Å². The monoisotopic (exact) mass is 612 g/mol. The van der Waals surface area contributed by atoms with Gasteiger partial charge in [0.2, 0.25) is 0 Å². The Morgan fingerprint density at radius 3 is 1.29 bits per heavy atom. The second-order valence-corrected chi connectivity index (χ2v) is 11.9. The van der Waals surface area contributed by atoms with E-state index < -0.39 is 0 Å². The fourth-order valence-electron chi connectivity index (χ4n) is 6.71. The first-order valence-electron chi connectivity index (χ1n) is 16.1. The van der Waals surface area contributed by atoms with E-state index in [1.165, 1.54) is 38.2 Å². The van der Waals surface area contributed by atoms with Crippen LogP contribution in [-0.4, -0.2) is 19.9 Å². The Morgan fingerprint density at radius 2 is 0.729 bits per heavy atom. The quantitative estimate of drug-likeness (QED) is 0.181. The van der Waals surface area contributed by atoms with E-state index in [2.05, 4.69) is 120 Å². The van der Waals surface area contributed by atoms with Gasteiger partial charge in [-0.1, -0.05) is 140 Å². The maximum Gasteiger partial charge on any atom is 0.164 e. The van der Waals surface area contributed by atoms with Crippen molar-refractivity contribution >= 4 is 32.4 Å². The van der Waals surface area contributed by atoms with Gasteiger partial charge in [-0.05, 0) is 68.1 Å². The maximum absolute atomic E-state index is 5.01. The lowest BCUT2D eigenvalue weighted by Gasteiger charge is -2.18. The summed E-state index contributed by atoms with van der Waals surface area (Å²) in [6, 6.07) is 57.0. The van der Waals surface area contributed by atoms with Crippen LogP contribution in [0.4, 0.5) is 0 Å². The van der Waals surface area contributed by atoms with Crippen molar-refractivity contribution < 1.29 is 0 Å². The molecule has 2 heterocycles. The molecular formula is C44H28N4. The zero-order valence-corrected chi connectivity index (χ0v) is 26.0. The van der Waals surface area contributed by atoms with Crippen LogP contribution in [0.2, 0.25) is 0 Å². The van der Waals surface area contributed by atoms with E-state index in [1.54, 1.807) is 0 Å². The van der Waals surface area contributed by atoms with E-state index in [9.17, 15) is 0 Å². The Balaban J connectivity index is 1.20. The summed E-state index contributed by atoms with van der Waals surface area (Å²) in [6.07, 6.45) is 1.81. The first-order valence-corrected chi connectivity index (χ1v) is 16.1. The molecule has 0 N–H and O–H groups in total. The predicted octanol–water partition coefficient (Wildman–Crippen LogP) is 11.1. The highest BCUT2D eigenvalue weighted by Gasteiger charge is 2.17. The third kappa shape index (κ3) is 4.88. The van der Waals surface area contributed by atoms with Crippen LogP contribution in [-0.2, 0) is 0 Å². The third-order valence-corrected chi connectivity index (χ3v) is 8.95. The summed E-state index contributed by atoms with van der Waals surface area (Å²) in [5.74, 6) is 1.90. The normalized spacial score (nSPS) is 11.3. The Labute approximate surface area is 278 Å². The molecule has 224 valence electrons. The molecule has 0 aliphatic carbocycles. The molecule has 0 atom stereocenters. The molecule has 9 aromatic rings. The Bertz CT molecular complexity index is 2540. The molecule has 0 aliphatic heterocycles. The van der Waals surface area contributed by atoms with Gasteiger partial charge in [0.25, 0.3) is 0 Å². The number of hydrogen-bond acceptors (Lipinski definition) is 4. The molecular weight excluding hydrogens is 585 g/mol. The Kier molecular flexibility index (Phi) is 6.76. The molecule has 2 aromatic heterocycles. The molecule has 48 heavy (non-hydrogen) atoms. The number of fused-ring (bicyclic) bond motifs is 3. The minimum Gasteiger partial charge on any atom is -0.256 e. The van der Waals surface area contributed by atoms with E-state index in [0.717, 1.165) is 33.2 Å². The Morgan fingerprint density at radius 1 is 0.312 bits per heavy atom. The van der Waals surface area contributed by atoms with Gasteiger partial charge in [-0.15, -0.1) is 0 Å². The lowest BCUT2D eigenvalue weighted by molar-refractivity contribution is 1.07. The summed E-state index contributed by atoms with van der Waals surface area (Å²) in [6.45, 7) is 0. The van der Waals surface area contributed by atoms with Crippen LogP contribution in [0.3, 0.4) is 0 Å². The number of rotatable bonds is 5. The lowest BCUT2D eigenvalue weighted by Crippen LogP contribution is -2.00. The van der Waals surface area contributed by atoms with Gasteiger partial charge in [0.05, 0.1) is 5.52 Å². The largest absolute Gasteiger partial charge is 0.256 e. The molecule has 0 spiro atoms. The van der Waals surface area contributed by atoms with E-state index in [4.69, 9.17) is 15.0 Å². The minimum absolute atomic E-state index is 0.627. The van der Waals surface area contributed by atoms with Crippen molar-refractivity contribution in [2.45, 2.75) is 0 Å². The highest BCUT2D eigenvalue weighted by atomic mass is 15.0. The topological polar surface area (TPSA) is 51.6 Å². The lowest BCUT2D eigenvalue weighted by atomic mass is 9.86. The van der Waals surface area contributed by atoms with E-state index >= 15 is 0 Å². The molecule has 0 saturated heterocycles. The average molecular weight is 613 g/mol. The fourth-order valence-corrected chi connectivity index (χ4v) is 6.71. The van der Waals surface area contributed by atoms with Gasteiger partial charge in [0.1, 0.15) is 0 Å². The molecule has 7 aromatic carbocycles. The van der Waals surface area contributed by atoms with Gasteiger partial charge in [-0.25, -0.2) is 15.0 Å². The molecule has 0 bridgehead atoms. The summed E-state index contributed by atoms with van der Waals surface area (Å²) in [4.78, 5) is 19.4. The van der Waals surface area contributed by atoms with Crippen LogP contribution in [0.1, 0.15) is 0 Å². The fraction of sp³-hybridized carbons (Fsp3) is 0. The van der Waals surface area contributed by atoms with Crippen molar-refractivity contribution in [2.75, 3.05) is 0 Å². The SMILES string of the molecule is c1ccc(-c2nc(-c3ccc(-c4c5ccccc5c(-c5ccccc5)c5ccccc45)cc3)nc(-c3ccc4ncccc4c3)n2)cc1. The van der Waals surface area contributed by atoms with Crippen LogP contribution >= 0.6 is 0 Å². The van der Waals surface area contributed by atoms with Gasteiger partial charge in [-0.3, -0.25) is 4.98 Å². The van der Waals surface area contributed by atoms with Crippen molar-refractivity contribution in [3.63, 3.8) is 0 Å². The molecule has 4 heteroatoms. The van der Waals surface area contributed by atoms with E-state index in [-0.39, 0.29) is 0 Å². The molecule has 0 unspecified atom stereocenters. The summed E-state index contributed by atoms with van der Waals surface area (Å²) in [7, 11) is 0. The zero-order valence-electron chi connectivity index (χ0n) is 26.0. The molecule has 0 aliphatic rings. The number of nitrogens with zero attached hydrogens (tertiary/aromatic N) is 4. The van der Waals surface area contributed by atoms with Crippen molar-refractivity contribution in [3.05, 3.63) is 170 Å². The van der Waals surface area contributed by atoms with Gasteiger partial charge in [0.15, 0.2) is 17.5 Å². The van der Waals surface area contributed by atoms with Gasteiger partial charge in [-0.2, -0.15) is 0 Å². The van der Waals surface area contributed by atoms with Gasteiger partial charge in [0, 0.05) is 28.3 Å². The first-order chi connectivity index (χ1) is 23.8. The van der Waals surface area contributed by atoms with Crippen LogP contribution in [0.25, 0.3) is 88.9 Å². The zero-order chi connectivity index (χ0) is 31.9. The van der Waals surface area contributed by atoms with Crippen molar-refractivity contribution in [3.8, 4) is 56.4 Å². The van der Waals surface area contributed by atoms with Crippen LogP contribution in [0.5, 0.6) is 0 Å². The smallest absolute Gasteiger partial charge is 0.164 e. The minimum atomic E-state index is 0.627. The number of pyridine rings is 1. The third-order valence-electron chi connectivity index (χ3n) is 8.95. The van der Waals surface area contributed by atoms with Crippen LogP contribution in [0, 0.1) is 0 Å². The van der Waals surface area contributed by atoms with Crippen molar-refractivity contribution in [1.29, 1.82) is 0 Å². The standard InChI is InChI=1S/C44H28N4/c1-3-12-29(13-4-1)40-35-17-7-9-19-37(35)41(38-20-10-8-18-36(38)40)30-21-23-32(24-22-30)43-46-42(31-14-5-2-6-15-31)47-44(48-43)34-25-26-39-33(28-34)16-11-27-45-39/h1-28H. The van der Waals surface area contributed by atoms with Crippen molar-refractivity contribution in [1.82, 2.24) is 19.9 Å². The number of aromatic nitrogens is 4.